The molecule has 0 aromatic heterocycles. The molecule has 1 aliphatic rings. The lowest BCUT2D eigenvalue weighted by Gasteiger charge is -2.26. The number of nitrogens with one attached hydrogen (secondary N) is 1. The number of morpholine rings is 1. The summed E-state index contributed by atoms with van der Waals surface area (Å²) in [7, 11) is -3.50. The van der Waals surface area contributed by atoms with Crippen LogP contribution in [0.1, 0.15) is 5.56 Å². The summed E-state index contributed by atoms with van der Waals surface area (Å²) >= 11 is 16.3. The minimum absolute atomic E-state index is 0.235. The molecule has 1 amide bonds. The van der Waals surface area contributed by atoms with Gasteiger partial charge in [-0.3, -0.25) is 4.79 Å². The van der Waals surface area contributed by atoms with Crippen LogP contribution in [0, 0.1) is 0 Å². The first-order valence-electron chi connectivity index (χ1n) is 7.23. The van der Waals surface area contributed by atoms with Crippen molar-refractivity contribution in [1.82, 2.24) is 9.62 Å². The SMILES string of the molecule is O=C(NCCc1ccc(S(=O)(=O)N2CCOCC2)cc1)C(Cl)(Cl)Cl. The highest BCUT2D eigenvalue weighted by molar-refractivity contribution is 7.89. The molecule has 0 radical (unpaired) electrons. The van der Waals surface area contributed by atoms with Crippen LogP contribution in [0.5, 0.6) is 0 Å². The number of sulfonamides is 1. The van der Waals surface area contributed by atoms with Crippen LogP contribution in [0.25, 0.3) is 0 Å². The fraction of sp³-hybridized carbons (Fsp3) is 0.500. The lowest BCUT2D eigenvalue weighted by atomic mass is 10.1. The molecule has 1 saturated heterocycles. The lowest BCUT2D eigenvalue weighted by molar-refractivity contribution is -0.120. The number of nitrogens with zero attached hydrogens (tertiary/aromatic N) is 1. The third-order valence-corrected chi connectivity index (χ3v) is 5.92. The van der Waals surface area contributed by atoms with Gasteiger partial charge in [0.15, 0.2) is 0 Å². The van der Waals surface area contributed by atoms with Crippen LogP contribution in [0.2, 0.25) is 0 Å². The molecule has 0 saturated carbocycles. The molecular weight excluding hydrogens is 399 g/mol. The van der Waals surface area contributed by atoms with Crippen molar-refractivity contribution in [1.29, 1.82) is 0 Å². The molecule has 24 heavy (non-hydrogen) atoms. The van der Waals surface area contributed by atoms with Gasteiger partial charge in [0.05, 0.1) is 18.1 Å². The Morgan fingerprint density at radius 3 is 2.29 bits per heavy atom. The van der Waals surface area contributed by atoms with E-state index in [-0.39, 0.29) is 11.4 Å². The van der Waals surface area contributed by atoms with Crippen molar-refractivity contribution in [3.63, 3.8) is 0 Å². The maximum absolute atomic E-state index is 12.5. The van der Waals surface area contributed by atoms with Crippen molar-refractivity contribution in [2.45, 2.75) is 15.1 Å². The van der Waals surface area contributed by atoms with Crippen LogP contribution < -0.4 is 5.32 Å². The Morgan fingerprint density at radius 1 is 1.17 bits per heavy atom. The summed E-state index contributed by atoms with van der Waals surface area (Å²) in [6.07, 6.45) is 0.490. The standard InChI is InChI=1S/C14H17Cl3N2O4S/c15-14(16,17)13(20)18-6-5-11-1-3-12(4-2-11)24(21,22)19-7-9-23-10-8-19/h1-4H,5-10H2,(H,18,20). The number of carbonyl (C=O) groups excluding carboxylic acids is 1. The van der Waals surface area contributed by atoms with Crippen molar-refractivity contribution in [2.75, 3.05) is 32.8 Å². The summed E-state index contributed by atoms with van der Waals surface area (Å²) in [5.74, 6) is -0.695. The van der Waals surface area contributed by atoms with E-state index in [0.29, 0.717) is 32.7 Å². The zero-order chi connectivity index (χ0) is 17.8. The van der Waals surface area contributed by atoms with Gasteiger partial charge >= 0.3 is 0 Å². The lowest BCUT2D eigenvalue weighted by Crippen LogP contribution is -2.40. The predicted molar refractivity (Wildman–Crippen MR) is 93.0 cm³/mol. The van der Waals surface area contributed by atoms with E-state index in [1.54, 1.807) is 24.3 Å². The second-order valence-corrected chi connectivity index (χ2v) is 9.38. The fourth-order valence-electron chi connectivity index (χ4n) is 2.18. The predicted octanol–water partition coefficient (Wildman–Crippen LogP) is 1.74. The second-order valence-electron chi connectivity index (χ2n) is 5.16. The van der Waals surface area contributed by atoms with E-state index in [4.69, 9.17) is 39.5 Å². The highest BCUT2D eigenvalue weighted by Crippen LogP contribution is 2.25. The van der Waals surface area contributed by atoms with Gasteiger partial charge in [-0.1, -0.05) is 46.9 Å². The zero-order valence-electron chi connectivity index (χ0n) is 12.7. The molecular formula is C14H17Cl3N2O4S. The zero-order valence-corrected chi connectivity index (χ0v) is 15.8. The average molecular weight is 416 g/mol. The molecule has 0 unspecified atom stereocenters. The summed E-state index contributed by atoms with van der Waals surface area (Å²) < 4.78 is 29.6. The highest BCUT2D eigenvalue weighted by Gasteiger charge is 2.30. The van der Waals surface area contributed by atoms with Crippen molar-refractivity contribution in [2.24, 2.45) is 0 Å². The number of amides is 1. The molecule has 1 heterocycles. The summed E-state index contributed by atoms with van der Waals surface area (Å²) in [5, 5.41) is 2.49. The Kier molecular flexibility index (Phi) is 6.75. The number of carbonyl (C=O) groups is 1. The molecule has 0 aliphatic carbocycles. The monoisotopic (exact) mass is 414 g/mol. The Balaban J connectivity index is 1.94. The second kappa shape index (κ2) is 8.21. The van der Waals surface area contributed by atoms with Crippen LogP contribution in [-0.2, 0) is 26.0 Å². The summed E-state index contributed by atoms with van der Waals surface area (Å²) in [5.41, 5.74) is 0.862. The molecule has 2 rings (SSSR count). The smallest absolute Gasteiger partial charge is 0.272 e. The van der Waals surface area contributed by atoms with Gasteiger partial charge in [-0.15, -0.1) is 0 Å². The van der Waals surface area contributed by atoms with E-state index >= 15 is 0 Å². The number of halogens is 3. The van der Waals surface area contributed by atoms with Crippen molar-refractivity contribution >= 4 is 50.7 Å². The normalized spacial score (nSPS) is 16.8. The van der Waals surface area contributed by atoms with Crippen molar-refractivity contribution in [3.05, 3.63) is 29.8 Å². The molecule has 6 nitrogen and oxygen atoms in total. The van der Waals surface area contributed by atoms with Crippen molar-refractivity contribution in [3.8, 4) is 0 Å². The number of rotatable bonds is 5. The molecule has 1 N–H and O–H groups in total. The quantitative estimate of drug-likeness (QED) is 0.743. The number of hydrogen-bond acceptors (Lipinski definition) is 4. The number of hydrogen-bond donors (Lipinski definition) is 1. The van der Waals surface area contributed by atoms with E-state index in [2.05, 4.69) is 5.32 Å². The summed E-state index contributed by atoms with van der Waals surface area (Å²) in [6, 6.07) is 6.51. The van der Waals surface area contributed by atoms with Gasteiger partial charge in [0.25, 0.3) is 9.70 Å². The summed E-state index contributed by atoms with van der Waals surface area (Å²) in [4.78, 5) is 11.6. The molecule has 0 atom stereocenters. The van der Waals surface area contributed by atoms with Gasteiger partial charge in [0.1, 0.15) is 0 Å². The number of benzene rings is 1. The molecule has 10 heteroatoms. The number of ether oxygens (including phenoxy) is 1. The van der Waals surface area contributed by atoms with Crippen LogP contribution >= 0.6 is 34.8 Å². The first kappa shape index (κ1) is 19.8. The van der Waals surface area contributed by atoms with E-state index < -0.39 is 19.7 Å². The molecule has 1 aromatic rings. The number of alkyl halides is 3. The van der Waals surface area contributed by atoms with Crippen LogP contribution in [-0.4, -0.2) is 55.3 Å². The van der Waals surface area contributed by atoms with E-state index in [0.717, 1.165) is 5.56 Å². The van der Waals surface area contributed by atoms with Gasteiger partial charge in [-0.25, -0.2) is 8.42 Å². The maximum atomic E-state index is 12.5. The largest absolute Gasteiger partial charge is 0.379 e. The molecule has 1 aliphatic heterocycles. The Morgan fingerprint density at radius 2 is 1.75 bits per heavy atom. The van der Waals surface area contributed by atoms with Gasteiger partial charge in [-0.05, 0) is 24.1 Å². The van der Waals surface area contributed by atoms with E-state index in [1.807, 2.05) is 0 Å². The highest BCUT2D eigenvalue weighted by atomic mass is 35.6. The minimum Gasteiger partial charge on any atom is -0.379 e. The van der Waals surface area contributed by atoms with Crippen LogP contribution in [0.4, 0.5) is 0 Å². The van der Waals surface area contributed by atoms with E-state index in [9.17, 15) is 13.2 Å². The van der Waals surface area contributed by atoms with E-state index in [1.165, 1.54) is 4.31 Å². The van der Waals surface area contributed by atoms with Crippen LogP contribution in [0.15, 0.2) is 29.2 Å². The first-order valence-corrected chi connectivity index (χ1v) is 9.80. The van der Waals surface area contributed by atoms with Gasteiger partial charge in [-0.2, -0.15) is 4.31 Å². The Bertz CT molecular complexity index is 668. The van der Waals surface area contributed by atoms with Crippen LogP contribution in [0.3, 0.4) is 0 Å². The first-order chi connectivity index (χ1) is 11.2. The Hall–Kier alpha value is -0.570. The minimum atomic E-state index is -3.50. The van der Waals surface area contributed by atoms with Gasteiger partial charge < -0.3 is 10.1 Å². The molecule has 0 bridgehead atoms. The van der Waals surface area contributed by atoms with Crippen molar-refractivity contribution < 1.29 is 17.9 Å². The Labute approximate surface area is 156 Å². The summed E-state index contributed by atoms with van der Waals surface area (Å²) in [6.45, 7) is 1.79. The molecule has 0 spiro atoms. The van der Waals surface area contributed by atoms with Gasteiger partial charge in [0, 0.05) is 19.6 Å². The third-order valence-electron chi connectivity index (χ3n) is 3.49. The third kappa shape index (κ3) is 5.21. The maximum Gasteiger partial charge on any atom is 0.272 e. The average Bonchev–Trinajstić information content (AvgIpc) is 2.55. The van der Waals surface area contributed by atoms with Gasteiger partial charge in [0.2, 0.25) is 10.0 Å². The topological polar surface area (TPSA) is 75.7 Å². The molecule has 134 valence electrons. The molecule has 1 fully saturated rings. The molecule has 1 aromatic carbocycles. The fourth-order valence-corrected chi connectivity index (χ4v) is 3.79.